The molecule has 0 amide bonds. The number of hydrogen-bond donors (Lipinski definition) is 1. The molecule has 0 aromatic carbocycles. The summed E-state index contributed by atoms with van der Waals surface area (Å²) in [5.41, 5.74) is 2.61. The molecule has 5 heteroatoms. The van der Waals surface area contributed by atoms with Gasteiger partial charge in [-0.2, -0.15) is 0 Å². The van der Waals surface area contributed by atoms with E-state index >= 15 is 0 Å². The predicted octanol–water partition coefficient (Wildman–Crippen LogP) is 1.94. The van der Waals surface area contributed by atoms with Crippen molar-refractivity contribution in [3.63, 3.8) is 0 Å². The average molecular weight is 284 g/mol. The van der Waals surface area contributed by atoms with Gasteiger partial charge in [0.15, 0.2) is 0 Å². The molecular weight excluding hydrogens is 262 g/mol. The minimum absolute atomic E-state index is 0. The van der Waals surface area contributed by atoms with Gasteiger partial charge in [-0.3, -0.25) is 0 Å². The first-order chi connectivity index (χ1) is 8.75. The highest BCUT2D eigenvalue weighted by Gasteiger charge is 2.23. The van der Waals surface area contributed by atoms with Crippen molar-refractivity contribution in [2.75, 3.05) is 31.2 Å². The molecule has 106 valence electrons. The van der Waals surface area contributed by atoms with Crippen LogP contribution >= 0.6 is 12.4 Å². The second-order valence-electron chi connectivity index (χ2n) is 5.36. The van der Waals surface area contributed by atoms with Crippen LogP contribution in [0.1, 0.15) is 31.0 Å². The van der Waals surface area contributed by atoms with Crippen LogP contribution in [0.3, 0.4) is 0 Å². The number of pyridine rings is 1. The Kier molecular flexibility index (Phi) is 4.66. The third kappa shape index (κ3) is 2.86. The van der Waals surface area contributed by atoms with Crippen LogP contribution in [0.15, 0.2) is 12.1 Å². The van der Waals surface area contributed by atoms with Gasteiger partial charge in [0.25, 0.3) is 0 Å². The monoisotopic (exact) mass is 283 g/mol. The number of rotatable bonds is 1. The summed E-state index contributed by atoms with van der Waals surface area (Å²) < 4.78 is 5.49. The van der Waals surface area contributed by atoms with Crippen molar-refractivity contribution >= 4 is 18.2 Å². The van der Waals surface area contributed by atoms with Crippen LogP contribution in [0.2, 0.25) is 0 Å². The Balaban J connectivity index is 0.00000133. The van der Waals surface area contributed by atoms with E-state index in [2.05, 4.69) is 36.2 Å². The molecule has 19 heavy (non-hydrogen) atoms. The Hall–Kier alpha value is -0.840. The van der Waals surface area contributed by atoms with Gasteiger partial charge in [-0.25, -0.2) is 4.98 Å². The van der Waals surface area contributed by atoms with E-state index in [4.69, 9.17) is 9.72 Å². The second kappa shape index (κ2) is 6.07. The van der Waals surface area contributed by atoms with E-state index in [1.165, 1.54) is 11.3 Å². The fourth-order valence-electron chi connectivity index (χ4n) is 2.82. The first-order valence-corrected chi connectivity index (χ1v) is 6.80. The number of fused-ring (bicyclic) bond motifs is 1. The molecule has 2 atom stereocenters. The lowest BCUT2D eigenvalue weighted by atomic mass is 9.98. The van der Waals surface area contributed by atoms with Crippen LogP contribution in [-0.4, -0.2) is 37.3 Å². The maximum atomic E-state index is 5.49. The van der Waals surface area contributed by atoms with Gasteiger partial charge in [0, 0.05) is 25.6 Å². The number of morpholine rings is 1. The fraction of sp³-hybridized carbons (Fsp3) is 0.643. The first kappa shape index (κ1) is 14.6. The maximum Gasteiger partial charge on any atom is 0.129 e. The van der Waals surface area contributed by atoms with Crippen molar-refractivity contribution in [1.82, 2.24) is 10.3 Å². The summed E-state index contributed by atoms with van der Waals surface area (Å²) in [6, 6.07) is 4.80. The van der Waals surface area contributed by atoms with Crippen LogP contribution in [-0.2, 0) is 11.3 Å². The number of nitrogens with zero attached hydrogens (tertiary/aromatic N) is 2. The summed E-state index contributed by atoms with van der Waals surface area (Å²) in [6.45, 7) is 8.97. The van der Waals surface area contributed by atoms with Gasteiger partial charge in [0.05, 0.1) is 24.9 Å². The molecule has 1 unspecified atom stereocenters. The Morgan fingerprint density at radius 3 is 3.00 bits per heavy atom. The van der Waals surface area contributed by atoms with Crippen molar-refractivity contribution in [2.24, 2.45) is 0 Å². The van der Waals surface area contributed by atoms with Gasteiger partial charge in [-0.15, -0.1) is 12.4 Å². The standard InChI is InChI=1S/C14H21N3O.ClH/c1-10-7-15-8-12-3-4-13(16-14(10)12)17-5-6-18-9-11(17)2;/h3-4,10-11,15H,5-9H2,1-2H3;1H/t10?,11-;/m1./s1. The quantitative estimate of drug-likeness (QED) is 0.855. The smallest absolute Gasteiger partial charge is 0.129 e. The zero-order valence-corrected chi connectivity index (χ0v) is 12.4. The molecule has 2 aliphatic heterocycles. The van der Waals surface area contributed by atoms with Gasteiger partial charge in [0.2, 0.25) is 0 Å². The molecule has 0 radical (unpaired) electrons. The van der Waals surface area contributed by atoms with E-state index in [0.29, 0.717) is 12.0 Å². The van der Waals surface area contributed by atoms with E-state index in [1.807, 2.05) is 0 Å². The third-order valence-corrected chi connectivity index (χ3v) is 3.89. The molecule has 0 aliphatic carbocycles. The Morgan fingerprint density at radius 2 is 2.21 bits per heavy atom. The number of anilines is 1. The minimum Gasteiger partial charge on any atom is -0.377 e. The summed E-state index contributed by atoms with van der Waals surface area (Å²) >= 11 is 0. The zero-order chi connectivity index (χ0) is 12.5. The topological polar surface area (TPSA) is 37.4 Å². The largest absolute Gasteiger partial charge is 0.377 e. The lowest BCUT2D eigenvalue weighted by molar-refractivity contribution is 0.0985. The third-order valence-electron chi connectivity index (χ3n) is 3.89. The molecule has 1 N–H and O–H groups in total. The van der Waals surface area contributed by atoms with Gasteiger partial charge in [-0.1, -0.05) is 13.0 Å². The van der Waals surface area contributed by atoms with Crippen molar-refractivity contribution in [1.29, 1.82) is 0 Å². The Morgan fingerprint density at radius 1 is 1.37 bits per heavy atom. The summed E-state index contributed by atoms with van der Waals surface area (Å²) in [7, 11) is 0. The van der Waals surface area contributed by atoms with Crippen LogP contribution in [0.25, 0.3) is 0 Å². The number of hydrogen-bond acceptors (Lipinski definition) is 4. The maximum absolute atomic E-state index is 5.49. The Labute approximate surface area is 121 Å². The average Bonchev–Trinajstić information content (AvgIpc) is 2.40. The van der Waals surface area contributed by atoms with E-state index in [9.17, 15) is 0 Å². The highest BCUT2D eigenvalue weighted by atomic mass is 35.5. The zero-order valence-electron chi connectivity index (χ0n) is 11.6. The lowest BCUT2D eigenvalue weighted by Crippen LogP contribution is -2.44. The van der Waals surface area contributed by atoms with Gasteiger partial charge < -0.3 is 15.0 Å². The number of nitrogens with one attached hydrogen (secondary N) is 1. The molecule has 1 aromatic heterocycles. The molecule has 4 nitrogen and oxygen atoms in total. The fourth-order valence-corrected chi connectivity index (χ4v) is 2.82. The molecular formula is C14H22ClN3O. The summed E-state index contributed by atoms with van der Waals surface area (Å²) in [5.74, 6) is 1.61. The molecule has 3 rings (SSSR count). The minimum atomic E-state index is 0. The van der Waals surface area contributed by atoms with Gasteiger partial charge in [-0.05, 0) is 18.6 Å². The molecule has 0 bridgehead atoms. The van der Waals surface area contributed by atoms with Crippen molar-refractivity contribution < 1.29 is 4.74 Å². The van der Waals surface area contributed by atoms with Gasteiger partial charge >= 0.3 is 0 Å². The SMILES string of the molecule is CC1CNCc2ccc(N3CCOC[C@H]3C)nc21.Cl. The van der Waals surface area contributed by atoms with Crippen LogP contribution < -0.4 is 10.2 Å². The summed E-state index contributed by atoms with van der Waals surface area (Å²) in [6.07, 6.45) is 0. The molecule has 2 aliphatic rings. The highest BCUT2D eigenvalue weighted by Crippen LogP contribution is 2.26. The summed E-state index contributed by atoms with van der Waals surface area (Å²) in [4.78, 5) is 7.26. The number of halogens is 1. The number of ether oxygens (including phenoxy) is 1. The van der Waals surface area contributed by atoms with Crippen LogP contribution in [0, 0.1) is 0 Å². The normalized spacial score (nSPS) is 26.5. The van der Waals surface area contributed by atoms with Crippen LogP contribution in [0.4, 0.5) is 5.82 Å². The first-order valence-electron chi connectivity index (χ1n) is 6.80. The van der Waals surface area contributed by atoms with Crippen molar-refractivity contribution in [3.8, 4) is 0 Å². The van der Waals surface area contributed by atoms with E-state index in [1.54, 1.807) is 0 Å². The van der Waals surface area contributed by atoms with Crippen LogP contribution in [0.5, 0.6) is 0 Å². The Bertz CT molecular complexity index is 441. The van der Waals surface area contributed by atoms with Crippen molar-refractivity contribution in [3.05, 3.63) is 23.4 Å². The lowest BCUT2D eigenvalue weighted by Gasteiger charge is -2.35. The second-order valence-corrected chi connectivity index (χ2v) is 5.36. The molecule has 1 fully saturated rings. The highest BCUT2D eigenvalue weighted by molar-refractivity contribution is 5.85. The molecule has 0 saturated carbocycles. The van der Waals surface area contributed by atoms with E-state index in [-0.39, 0.29) is 12.4 Å². The van der Waals surface area contributed by atoms with E-state index < -0.39 is 0 Å². The molecule has 3 heterocycles. The molecule has 1 saturated heterocycles. The van der Waals surface area contributed by atoms with E-state index in [0.717, 1.165) is 38.7 Å². The predicted molar refractivity (Wildman–Crippen MR) is 79.2 cm³/mol. The molecule has 1 aromatic rings. The van der Waals surface area contributed by atoms with Crippen molar-refractivity contribution in [2.45, 2.75) is 32.4 Å². The summed E-state index contributed by atoms with van der Waals surface area (Å²) in [5, 5.41) is 3.42. The molecule has 0 spiro atoms. The number of aromatic nitrogens is 1. The van der Waals surface area contributed by atoms with Gasteiger partial charge in [0.1, 0.15) is 5.82 Å².